The van der Waals surface area contributed by atoms with Crippen LogP contribution in [0.4, 0.5) is 10.1 Å². The first-order valence-corrected chi connectivity index (χ1v) is 8.25. The molecule has 2 aromatic rings. The lowest BCUT2D eigenvalue weighted by molar-refractivity contribution is -0.179. The Balaban J connectivity index is 1.53. The van der Waals surface area contributed by atoms with E-state index >= 15 is 0 Å². The third kappa shape index (κ3) is 3.20. The van der Waals surface area contributed by atoms with E-state index in [0.717, 1.165) is 16.8 Å². The molecule has 1 heterocycles. The maximum Gasteiger partial charge on any atom is 0.142 e. The van der Waals surface area contributed by atoms with Crippen molar-refractivity contribution in [2.75, 3.05) is 11.6 Å². The van der Waals surface area contributed by atoms with Crippen LogP contribution < -0.4 is 4.90 Å². The summed E-state index contributed by atoms with van der Waals surface area (Å²) in [5, 5.41) is 2.09. The lowest BCUT2D eigenvalue weighted by atomic mass is 10.1. The van der Waals surface area contributed by atoms with E-state index in [9.17, 15) is 4.39 Å². The molecule has 0 spiro atoms. The highest BCUT2D eigenvalue weighted by Gasteiger charge is 2.35. The minimum atomic E-state index is -0.369. The number of halogens is 2. The average molecular weight is 333 g/mol. The van der Waals surface area contributed by atoms with Crippen molar-refractivity contribution in [2.45, 2.75) is 32.0 Å². The molecule has 0 saturated heterocycles. The average Bonchev–Trinajstić information content (AvgIpc) is 3.39. The van der Waals surface area contributed by atoms with Crippen molar-refractivity contribution in [3.63, 3.8) is 0 Å². The van der Waals surface area contributed by atoms with E-state index < -0.39 is 0 Å². The molecule has 1 saturated carbocycles. The van der Waals surface area contributed by atoms with Gasteiger partial charge in [-0.05, 0) is 36.1 Å². The Morgan fingerprint density at radius 3 is 2.70 bits per heavy atom. The Labute approximate surface area is 140 Å². The summed E-state index contributed by atoms with van der Waals surface area (Å²) in [4.78, 5) is 8.21. The highest BCUT2D eigenvalue weighted by Crippen LogP contribution is 2.39. The zero-order chi connectivity index (χ0) is 15.8. The quantitative estimate of drug-likeness (QED) is 0.827. The smallest absolute Gasteiger partial charge is 0.142 e. The second kappa shape index (κ2) is 6.11. The first-order valence-electron chi connectivity index (χ1n) is 7.87. The van der Waals surface area contributed by atoms with E-state index in [1.54, 1.807) is 6.07 Å². The zero-order valence-corrected chi connectivity index (χ0v) is 13.5. The van der Waals surface area contributed by atoms with Crippen LogP contribution in [0, 0.1) is 5.82 Å². The molecule has 2 aromatic carbocycles. The van der Waals surface area contributed by atoms with E-state index in [1.807, 2.05) is 35.4 Å². The predicted octanol–water partition coefficient (Wildman–Crippen LogP) is 4.35. The Hall–Kier alpha value is -1.62. The molecular weight excluding hydrogens is 315 g/mol. The topological polar surface area (TPSA) is 15.7 Å². The minimum Gasteiger partial charge on any atom is -0.353 e. The number of nitrogens with zero attached hydrogens (tertiary/aromatic N) is 2. The maximum absolute atomic E-state index is 13.8. The van der Waals surface area contributed by atoms with Crippen LogP contribution in [0.15, 0.2) is 42.5 Å². The molecule has 2 aliphatic rings. The van der Waals surface area contributed by atoms with Crippen molar-refractivity contribution < 1.29 is 9.23 Å². The van der Waals surface area contributed by atoms with Gasteiger partial charge in [-0.2, -0.15) is 5.06 Å². The Bertz CT molecular complexity index is 706. The monoisotopic (exact) mass is 332 g/mol. The van der Waals surface area contributed by atoms with Gasteiger partial charge in [0.15, 0.2) is 0 Å². The van der Waals surface area contributed by atoms with Crippen LogP contribution in [0.5, 0.6) is 0 Å². The summed E-state index contributed by atoms with van der Waals surface area (Å²) in [5.74, 6) is -0.369. The standard InChI is InChI=1S/C18H18ClFN2O/c19-16-9-18-14(8-17(16)20)10-21(12-22(18)15-6-7-15)23-11-13-4-2-1-3-5-13/h1-5,8-9,15H,6-7,10-12H2. The molecule has 1 aliphatic heterocycles. The summed E-state index contributed by atoms with van der Waals surface area (Å²) in [7, 11) is 0. The lowest BCUT2D eigenvalue weighted by Crippen LogP contribution is -2.43. The summed E-state index contributed by atoms with van der Waals surface area (Å²) in [5.41, 5.74) is 3.09. The van der Waals surface area contributed by atoms with Gasteiger partial charge in [0, 0.05) is 11.7 Å². The van der Waals surface area contributed by atoms with Crippen molar-refractivity contribution in [2.24, 2.45) is 0 Å². The molecule has 0 N–H and O–H groups in total. The van der Waals surface area contributed by atoms with Crippen molar-refractivity contribution in [3.05, 3.63) is 64.4 Å². The molecular formula is C18H18ClFN2O. The number of hydroxylamine groups is 2. The molecule has 0 radical (unpaired) electrons. The van der Waals surface area contributed by atoms with Crippen molar-refractivity contribution >= 4 is 17.3 Å². The van der Waals surface area contributed by atoms with Crippen LogP contribution in [0.1, 0.15) is 24.0 Å². The molecule has 0 atom stereocenters. The molecule has 4 rings (SSSR count). The van der Waals surface area contributed by atoms with E-state index in [1.165, 1.54) is 18.9 Å². The highest BCUT2D eigenvalue weighted by atomic mass is 35.5. The van der Waals surface area contributed by atoms with Crippen LogP contribution in [0.25, 0.3) is 0 Å². The van der Waals surface area contributed by atoms with Gasteiger partial charge in [0.1, 0.15) is 5.82 Å². The SMILES string of the molecule is Fc1cc2c(cc1Cl)N(C1CC1)CN(OCc1ccccc1)C2. The first kappa shape index (κ1) is 14.9. The van der Waals surface area contributed by atoms with Gasteiger partial charge >= 0.3 is 0 Å². The molecule has 3 nitrogen and oxygen atoms in total. The second-order valence-electron chi connectivity index (χ2n) is 6.14. The Kier molecular flexibility index (Phi) is 3.97. The Morgan fingerprint density at radius 1 is 1.17 bits per heavy atom. The van der Waals surface area contributed by atoms with E-state index in [-0.39, 0.29) is 10.8 Å². The zero-order valence-electron chi connectivity index (χ0n) is 12.7. The van der Waals surface area contributed by atoms with Gasteiger partial charge < -0.3 is 4.90 Å². The number of fused-ring (bicyclic) bond motifs is 1. The molecule has 0 aromatic heterocycles. The fourth-order valence-corrected chi connectivity index (χ4v) is 3.14. The fourth-order valence-electron chi connectivity index (χ4n) is 2.98. The van der Waals surface area contributed by atoms with Crippen molar-refractivity contribution in [1.82, 2.24) is 5.06 Å². The van der Waals surface area contributed by atoms with Crippen LogP contribution >= 0.6 is 11.6 Å². The molecule has 120 valence electrons. The number of anilines is 1. The van der Waals surface area contributed by atoms with Gasteiger partial charge in [0.05, 0.1) is 24.8 Å². The maximum atomic E-state index is 13.8. The van der Waals surface area contributed by atoms with Gasteiger partial charge in [-0.3, -0.25) is 4.84 Å². The molecule has 1 aliphatic carbocycles. The molecule has 23 heavy (non-hydrogen) atoms. The first-order chi connectivity index (χ1) is 11.2. The molecule has 0 bridgehead atoms. The molecule has 0 amide bonds. The fraction of sp³-hybridized carbons (Fsp3) is 0.333. The minimum absolute atomic E-state index is 0.188. The van der Waals surface area contributed by atoms with Gasteiger partial charge in [0.25, 0.3) is 0 Å². The number of benzene rings is 2. The lowest BCUT2D eigenvalue weighted by Gasteiger charge is -2.38. The Morgan fingerprint density at radius 2 is 1.96 bits per heavy atom. The number of rotatable bonds is 4. The summed E-state index contributed by atoms with van der Waals surface area (Å²) >= 11 is 5.97. The predicted molar refractivity (Wildman–Crippen MR) is 88.6 cm³/mol. The third-order valence-corrected chi connectivity index (χ3v) is 4.62. The number of hydrogen-bond donors (Lipinski definition) is 0. The third-order valence-electron chi connectivity index (χ3n) is 4.33. The van der Waals surface area contributed by atoms with Crippen molar-refractivity contribution in [1.29, 1.82) is 0 Å². The summed E-state index contributed by atoms with van der Waals surface area (Å²) in [6.07, 6.45) is 2.34. The highest BCUT2D eigenvalue weighted by molar-refractivity contribution is 6.31. The normalized spacial score (nSPS) is 18.1. The van der Waals surface area contributed by atoms with Gasteiger partial charge in [-0.1, -0.05) is 41.9 Å². The van der Waals surface area contributed by atoms with Crippen molar-refractivity contribution in [3.8, 4) is 0 Å². The van der Waals surface area contributed by atoms with Crippen LogP contribution in [0.2, 0.25) is 5.02 Å². The summed E-state index contributed by atoms with van der Waals surface area (Å²) in [6, 6.07) is 13.9. The van der Waals surface area contributed by atoms with Gasteiger partial charge in [-0.25, -0.2) is 4.39 Å². The molecule has 1 fully saturated rings. The van der Waals surface area contributed by atoms with Gasteiger partial charge in [-0.15, -0.1) is 0 Å². The summed E-state index contributed by atoms with van der Waals surface area (Å²) < 4.78 is 13.8. The van der Waals surface area contributed by atoms with Crippen LogP contribution in [-0.4, -0.2) is 17.8 Å². The van der Waals surface area contributed by atoms with E-state index in [0.29, 0.717) is 25.9 Å². The van der Waals surface area contributed by atoms with E-state index in [4.69, 9.17) is 16.4 Å². The molecule has 5 heteroatoms. The second-order valence-corrected chi connectivity index (χ2v) is 6.54. The molecule has 0 unspecified atom stereocenters. The number of hydrogen-bond acceptors (Lipinski definition) is 3. The summed E-state index contributed by atoms with van der Waals surface area (Å²) in [6.45, 7) is 1.77. The van der Waals surface area contributed by atoms with Crippen LogP contribution in [0.3, 0.4) is 0 Å². The van der Waals surface area contributed by atoms with Gasteiger partial charge in [0.2, 0.25) is 0 Å². The van der Waals surface area contributed by atoms with E-state index in [2.05, 4.69) is 4.90 Å². The van der Waals surface area contributed by atoms with Crippen LogP contribution in [-0.2, 0) is 18.0 Å². The largest absolute Gasteiger partial charge is 0.353 e.